The first kappa shape index (κ1) is 19.4. The Bertz CT molecular complexity index is 1180. The van der Waals surface area contributed by atoms with Gasteiger partial charge in [-0.2, -0.15) is 0 Å². The highest BCUT2D eigenvalue weighted by Gasteiger charge is 2.32. The molecular weight excluding hydrogens is 400 g/mol. The molecule has 1 atom stereocenters. The van der Waals surface area contributed by atoms with Crippen LogP contribution in [-0.4, -0.2) is 59.7 Å². The number of amides is 1. The van der Waals surface area contributed by atoms with Crippen LogP contribution in [0.25, 0.3) is 11.0 Å². The fraction of sp³-hybridized carbons (Fsp3) is 0.304. The molecule has 0 saturated carbocycles. The number of rotatable bonds is 3. The molecule has 1 fully saturated rings. The maximum absolute atomic E-state index is 12.9. The average molecular weight is 422 g/mol. The lowest BCUT2D eigenvalue weighted by atomic mass is 10.1. The fourth-order valence-corrected chi connectivity index (χ4v) is 4.06. The highest BCUT2D eigenvalue weighted by Crippen LogP contribution is 2.31. The van der Waals surface area contributed by atoms with E-state index in [1.165, 1.54) is 12.1 Å². The van der Waals surface area contributed by atoms with Gasteiger partial charge in [0.15, 0.2) is 11.5 Å². The molecule has 2 aliphatic heterocycles. The summed E-state index contributed by atoms with van der Waals surface area (Å²) in [6.45, 7) is 3.26. The number of piperazine rings is 1. The SMILES string of the molecule is O=C(C1COc2ccccc2O1)N1CCN(Cc2cc(=O)oc3cc(O)ccc23)CC1. The highest BCUT2D eigenvalue weighted by molar-refractivity contribution is 5.82. The molecule has 3 heterocycles. The predicted octanol–water partition coefficient (Wildman–Crippen LogP) is 1.98. The molecule has 8 heteroatoms. The number of fused-ring (bicyclic) bond motifs is 2. The quantitative estimate of drug-likeness (QED) is 0.645. The van der Waals surface area contributed by atoms with Crippen LogP contribution in [0.3, 0.4) is 0 Å². The van der Waals surface area contributed by atoms with Gasteiger partial charge in [-0.25, -0.2) is 4.79 Å². The summed E-state index contributed by atoms with van der Waals surface area (Å²) in [5.41, 5.74) is 0.759. The van der Waals surface area contributed by atoms with Gasteiger partial charge in [-0.1, -0.05) is 12.1 Å². The number of nitrogens with zero attached hydrogens (tertiary/aromatic N) is 2. The number of phenolic OH excluding ortho intramolecular Hbond substituents is 1. The molecule has 0 radical (unpaired) electrons. The van der Waals surface area contributed by atoms with Crippen LogP contribution in [0.4, 0.5) is 0 Å². The molecule has 2 aliphatic rings. The Balaban J connectivity index is 1.23. The zero-order chi connectivity index (χ0) is 21.4. The number of ether oxygens (including phenoxy) is 2. The third-order valence-corrected chi connectivity index (χ3v) is 5.68. The number of carbonyl (C=O) groups excluding carboxylic acids is 1. The first-order valence-corrected chi connectivity index (χ1v) is 10.2. The van der Waals surface area contributed by atoms with Gasteiger partial charge in [-0.3, -0.25) is 9.69 Å². The normalized spacial score (nSPS) is 18.8. The third-order valence-electron chi connectivity index (χ3n) is 5.68. The number of hydrogen-bond donors (Lipinski definition) is 1. The molecule has 3 aromatic rings. The van der Waals surface area contributed by atoms with Gasteiger partial charge in [0.25, 0.3) is 5.91 Å². The second-order valence-electron chi connectivity index (χ2n) is 7.74. The summed E-state index contributed by atoms with van der Waals surface area (Å²) in [6.07, 6.45) is -0.642. The second kappa shape index (κ2) is 7.96. The van der Waals surface area contributed by atoms with Crippen molar-refractivity contribution in [2.45, 2.75) is 12.6 Å². The summed E-state index contributed by atoms with van der Waals surface area (Å²) in [7, 11) is 0. The van der Waals surface area contributed by atoms with Crippen LogP contribution in [0.1, 0.15) is 5.56 Å². The number of benzene rings is 2. The Labute approximate surface area is 178 Å². The van der Waals surface area contributed by atoms with Crippen molar-refractivity contribution in [1.82, 2.24) is 9.80 Å². The van der Waals surface area contributed by atoms with Crippen LogP contribution in [0.5, 0.6) is 17.2 Å². The number of phenols is 1. The van der Waals surface area contributed by atoms with Gasteiger partial charge in [-0.15, -0.1) is 0 Å². The largest absolute Gasteiger partial charge is 0.508 e. The van der Waals surface area contributed by atoms with E-state index in [1.807, 2.05) is 18.2 Å². The Hall–Kier alpha value is -3.52. The molecule has 1 N–H and O–H groups in total. The summed E-state index contributed by atoms with van der Waals surface area (Å²) < 4.78 is 16.7. The van der Waals surface area contributed by atoms with Crippen molar-refractivity contribution < 1.29 is 23.8 Å². The average Bonchev–Trinajstić information content (AvgIpc) is 2.78. The molecule has 31 heavy (non-hydrogen) atoms. The lowest BCUT2D eigenvalue weighted by Crippen LogP contribution is -2.53. The molecular formula is C23H22N2O6. The van der Waals surface area contributed by atoms with Gasteiger partial charge in [0.1, 0.15) is 17.9 Å². The van der Waals surface area contributed by atoms with Gasteiger partial charge in [0.05, 0.1) is 0 Å². The topological polar surface area (TPSA) is 92.5 Å². The molecule has 0 aliphatic carbocycles. The predicted molar refractivity (Wildman–Crippen MR) is 112 cm³/mol. The van der Waals surface area contributed by atoms with Gasteiger partial charge in [-0.05, 0) is 29.8 Å². The molecule has 5 rings (SSSR count). The zero-order valence-corrected chi connectivity index (χ0v) is 16.8. The number of carbonyl (C=O) groups is 1. The summed E-state index contributed by atoms with van der Waals surface area (Å²) in [4.78, 5) is 28.8. The first-order chi connectivity index (χ1) is 15.1. The Kier molecular flexibility index (Phi) is 4.99. The van der Waals surface area contributed by atoms with E-state index in [0.717, 1.165) is 10.9 Å². The van der Waals surface area contributed by atoms with E-state index < -0.39 is 11.7 Å². The lowest BCUT2D eigenvalue weighted by molar-refractivity contribution is -0.143. The van der Waals surface area contributed by atoms with Crippen LogP contribution < -0.4 is 15.1 Å². The maximum atomic E-state index is 12.9. The molecule has 8 nitrogen and oxygen atoms in total. The van der Waals surface area contributed by atoms with Crippen molar-refractivity contribution in [2.75, 3.05) is 32.8 Å². The summed E-state index contributed by atoms with van der Waals surface area (Å²) >= 11 is 0. The van der Waals surface area contributed by atoms with E-state index in [0.29, 0.717) is 49.8 Å². The first-order valence-electron chi connectivity index (χ1n) is 10.2. The van der Waals surface area contributed by atoms with Gasteiger partial charge >= 0.3 is 5.63 Å². The van der Waals surface area contributed by atoms with Gasteiger partial charge in [0, 0.05) is 50.2 Å². The maximum Gasteiger partial charge on any atom is 0.336 e. The number of aromatic hydroxyl groups is 1. The standard InChI is InChI=1S/C23H22N2O6/c26-16-5-6-17-15(11-22(27)31-20(17)12-16)13-24-7-9-25(10-8-24)23(28)21-14-29-18-3-1-2-4-19(18)30-21/h1-6,11-12,21,26H,7-10,13-14H2. The minimum absolute atomic E-state index is 0.0523. The van der Waals surface area contributed by atoms with E-state index in [2.05, 4.69) is 4.90 Å². The van der Waals surface area contributed by atoms with Crippen LogP contribution in [-0.2, 0) is 11.3 Å². The molecule has 0 spiro atoms. The van der Waals surface area contributed by atoms with Crippen molar-refractivity contribution in [2.24, 2.45) is 0 Å². The monoisotopic (exact) mass is 422 g/mol. The Morgan fingerprint density at radius 2 is 1.81 bits per heavy atom. The Morgan fingerprint density at radius 1 is 1.03 bits per heavy atom. The molecule has 2 aromatic carbocycles. The van der Waals surface area contributed by atoms with Crippen molar-refractivity contribution >= 4 is 16.9 Å². The minimum Gasteiger partial charge on any atom is -0.508 e. The van der Waals surface area contributed by atoms with Crippen molar-refractivity contribution in [3.05, 3.63) is 64.5 Å². The van der Waals surface area contributed by atoms with Crippen molar-refractivity contribution in [3.8, 4) is 17.2 Å². The zero-order valence-electron chi connectivity index (χ0n) is 16.8. The lowest BCUT2D eigenvalue weighted by Gasteiger charge is -2.37. The third kappa shape index (κ3) is 3.94. The van der Waals surface area contributed by atoms with E-state index >= 15 is 0 Å². The summed E-state index contributed by atoms with van der Waals surface area (Å²) in [5.74, 6) is 1.22. The van der Waals surface area contributed by atoms with Crippen LogP contribution in [0.2, 0.25) is 0 Å². The van der Waals surface area contributed by atoms with E-state index in [-0.39, 0.29) is 18.3 Å². The molecule has 1 amide bonds. The van der Waals surface area contributed by atoms with Gasteiger partial charge < -0.3 is 23.9 Å². The Morgan fingerprint density at radius 3 is 2.61 bits per heavy atom. The van der Waals surface area contributed by atoms with Crippen LogP contribution >= 0.6 is 0 Å². The van der Waals surface area contributed by atoms with Crippen LogP contribution in [0, 0.1) is 0 Å². The van der Waals surface area contributed by atoms with Gasteiger partial charge in [0.2, 0.25) is 6.10 Å². The molecule has 0 bridgehead atoms. The second-order valence-corrected chi connectivity index (χ2v) is 7.74. The molecule has 160 valence electrons. The number of para-hydroxylation sites is 2. The summed E-state index contributed by atoms with van der Waals surface area (Å²) in [5, 5.41) is 10.4. The smallest absolute Gasteiger partial charge is 0.336 e. The van der Waals surface area contributed by atoms with E-state index in [1.54, 1.807) is 23.1 Å². The molecule has 1 unspecified atom stereocenters. The van der Waals surface area contributed by atoms with E-state index in [9.17, 15) is 14.7 Å². The fourth-order valence-electron chi connectivity index (χ4n) is 4.06. The minimum atomic E-state index is -0.642. The van der Waals surface area contributed by atoms with Crippen LogP contribution in [0.15, 0.2) is 57.7 Å². The molecule has 1 saturated heterocycles. The molecule has 1 aromatic heterocycles. The summed E-state index contributed by atoms with van der Waals surface area (Å²) in [6, 6.07) is 13.6. The van der Waals surface area contributed by atoms with Crippen molar-refractivity contribution in [3.63, 3.8) is 0 Å². The highest BCUT2D eigenvalue weighted by atomic mass is 16.6. The van der Waals surface area contributed by atoms with E-state index in [4.69, 9.17) is 13.9 Å². The van der Waals surface area contributed by atoms with Crippen molar-refractivity contribution in [1.29, 1.82) is 0 Å². The number of hydrogen-bond acceptors (Lipinski definition) is 7.